The topological polar surface area (TPSA) is 32.3 Å². The van der Waals surface area contributed by atoms with Crippen LogP contribution in [0.1, 0.15) is 58.8 Å². The van der Waals surface area contributed by atoms with E-state index in [2.05, 4.69) is 24.1 Å². The van der Waals surface area contributed by atoms with Crippen molar-refractivity contribution in [2.24, 2.45) is 17.8 Å². The van der Waals surface area contributed by atoms with Gasteiger partial charge in [-0.1, -0.05) is 13.8 Å². The molecule has 0 aromatic carbocycles. The summed E-state index contributed by atoms with van der Waals surface area (Å²) >= 11 is 0. The van der Waals surface area contributed by atoms with E-state index < -0.39 is 0 Å². The van der Waals surface area contributed by atoms with Crippen molar-refractivity contribution in [3.05, 3.63) is 0 Å². The number of amides is 1. The van der Waals surface area contributed by atoms with Crippen LogP contribution in [0.25, 0.3) is 0 Å². The van der Waals surface area contributed by atoms with Crippen LogP contribution in [0.15, 0.2) is 0 Å². The maximum Gasteiger partial charge on any atom is 0.225 e. The highest BCUT2D eigenvalue weighted by Gasteiger charge is 2.29. The van der Waals surface area contributed by atoms with Gasteiger partial charge in [0, 0.05) is 19.0 Å². The van der Waals surface area contributed by atoms with Gasteiger partial charge in [0.2, 0.25) is 5.91 Å². The Morgan fingerprint density at radius 1 is 1.20 bits per heavy atom. The predicted molar refractivity (Wildman–Crippen MR) is 83.6 cm³/mol. The van der Waals surface area contributed by atoms with Crippen LogP contribution in [-0.4, -0.2) is 37.0 Å². The van der Waals surface area contributed by atoms with Gasteiger partial charge in [-0.15, -0.1) is 0 Å². The lowest BCUT2D eigenvalue weighted by Crippen LogP contribution is -2.44. The van der Waals surface area contributed by atoms with E-state index in [0.29, 0.717) is 17.7 Å². The second-order valence-electron chi connectivity index (χ2n) is 6.95. The normalized spacial score (nSPS) is 31.0. The summed E-state index contributed by atoms with van der Waals surface area (Å²) in [6.07, 6.45) is 8.33. The van der Waals surface area contributed by atoms with Crippen molar-refractivity contribution in [3.63, 3.8) is 0 Å². The molecule has 1 saturated heterocycles. The Morgan fingerprint density at radius 2 is 1.95 bits per heavy atom. The number of hydrogen-bond donors (Lipinski definition) is 1. The van der Waals surface area contributed by atoms with Crippen LogP contribution in [0.3, 0.4) is 0 Å². The number of carbonyl (C=O) groups excluding carboxylic acids is 1. The number of hydrogen-bond acceptors (Lipinski definition) is 2. The summed E-state index contributed by atoms with van der Waals surface area (Å²) in [6, 6.07) is 0. The van der Waals surface area contributed by atoms with E-state index >= 15 is 0 Å². The van der Waals surface area contributed by atoms with Crippen LogP contribution >= 0.6 is 0 Å². The fourth-order valence-corrected chi connectivity index (χ4v) is 3.72. The molecule has 116 valence electrons. The summed E-state index contributed by atoms with van der Waals surface area (Å²) in [7, 11) is 0. The fraction of sp³-hybridized carbons (Fsp3) is 0.941. The first-order valence-electron chi connectivity index (χ1n) is 8.70. The summed E-state index contributed by atoms with van der Waals surface area (Å²) in [5.74, 6) is 2.25. The van der Waals surface area contributed by atoms with Crippen molar-refractivity contribution in [2.75, 3.05) is 26.2 Å². The Morgan fingerprint density at radius 3 is 2.55 bits per heavy atom. The third-order valence-corrected chi connectivity index (χ3v) is 5.05. The van der Waals surface area contributed by atoms with Gasteiger partial charge in [0.15, 0.2) is 0 Å². The van der Waals surface area contributed by atoms with E-state index in [0.717, 1.165) is 51.4 Å². The average Bonchev–Trinajstić information content (AvgIpc) is 2.48. The average molecular weight is 280 g/mol. The van der Waals surface area contributed by atoms with Crippen molar-refractivity contribution in [1.82, 2.24) is 10.2 Å². The van der Waals surface area contributed by atoms with E-state index in [1.165, 1.54) is 25.7 Å². The lowest BCUT2D eigenvalue weighted by molar-refractivity contribution is -0.137. The highest BCUT2D eigenvalue weighted by Crippen LogP contribution is 2.30. The van der Waals surface area contributed by atoms with Gasteiger partial charge in [-0.2, -0.15) is 0 Å². The van der Waals surface area contributed by atoms with Crippen molar-refractivity contribution >= 4 is 5.91 Å². The molecule has 1 saturated carbocycles. The van der Waals surface area contributed by atoms with E-state index in [4.69, 9.17) is 0 Å². The fourth-order valence-electron chi connectivity index (χ4n) is 3.72. The first kappa shape index (κ1) is 15.8. The molecule has 1 N–H and O–H groups in total. The Bertz CT molecular complexity index is 291. The Hall–Kier alpha value is -0.570. The molecule has 1 aliphatic heterocycles. The van der Waals surface area contributed by atoms with Gasteiger partial charge in [0.1, 0.15) is 0 Å². The maximum absolute atomic E-state index is 12.8. The van der Waals surface area contributed by atoms with Gasteiger partial charge in [-0.25, -0.2) is 0 Å². The standard InChI is InChI=1S/C17H32N2O/c1-3-11-19(13-15-5-4-10-18-12-15)17(20)16-8-6-14(2)7-9-16/h14-16,18H,3-13H2,1-2H3. The van der Waals surface area contributed by atoms with E-state index in [1.807, 2.05) is 0 Å². The van der Waals surface area contributed by atoms with Crippen molar-refractivity contribution in [2.45, 2.75) is 58.8 Å². The zero-order chi connectivity index (χ0) is 14.4. The first-order chi connectivity index (χ1) is 9.70. The number of piperidine rings is 1. The van der Waals surface area contributed by atoms with Crippen molar-refractivity contribution in [3.8, 4) is 0 Å². The SMILES string of the molecule is CCCN(CC1CCCNC1)C(=O)C1CCC(C)CC1. The minimum atomic E-state index is 0.314. The number of carbonyl (C=O) groups is 1. The second kappa shape index (κ2) is 8.02. The van der Waals surface area contributed by atoms with E-state index in [9.17, 15) is 4.79 Å². The second-order valence-corrected chi connectivity index (χ2v) is 6.95. The lowest BCUT2D eigenvalue weighted by atomic mass is 9.82. The molecule has 0 spiro atoms. The van der Waals surface area contributed by atoms with Gasteiger partial charge >= 0.3 is 0 Å². The summed E-state index contributed by atoms with van der Waals surface area (Å²) in [5, 5.41) is 3.47. The third-order valence-electron chi connectivity index (χ3n) is 5.05. The molecule has 3 heteroatoms. The highest BCUT2D eigenvalue weighted by molar-refractivity contribution is 5.79. The minimum absolute atomic E-state index is 0.314. The molecular formula is C17H32N2O. The van der Waals surface area contributed by atoms with Gasteiger partial charge in [0.25, 0.3) is 0 Å². The van der Waals surface area contributed by atoms with E-state index in [1.54, 1.807) is 0 Å². The van der Waals surface area contributed by atoms with Crippen molar-refractivity contribution in [1.29, 1.82) is 0 Å². The third kappa shape index (κ3) is 4.47. The number of nitrogens with zero attached hydrogens (tertiary/aromatic N) is 1. The molecule has 1 amide bonds. The molecule has 2 aliphatic rings. The molecule has 3 nitrogen and oxygen atoms in total. The summed E-state index contributed by atoms with van der Waals surface area (Å²) in [6.45, 7) is 8.67. The molecule has 20 heavy (non-hydrogen) atoms. The minimum Gasteiger partial charge on any atom is -0.342 e. The Labute approximate surface area is 124 Å². The van der Waals surface area contributed by atoms with Crippen LogP contribution in [-0.2, 0) is 4.79 Å². The monoisotopic (exact) mass is 280 g/mol. The molecule has 0 bridgehead atoms. The van der Waals surface area contributed by atoms with Gasteiger partial charge < -0.3 is 10.2 Å². The number of nitrogens with one attached hydrogen (secondary N) is 1. The van der Waals surface area contributed by atoms with Crippen LogP contribution in [0.4, 0.5) is 0 Å². The zero-order valence-electron chi connectivity index (χ0n) is 13.4. The quantitative estimate of drug-likeness (QED) is 0.839. The smallest absolute Gasteiger partial charge is 0.225 e. The van der Waals surface area contributed by atoms with Crippen LogP contribution < -0.4 is 5.32 Å². The van der Waals surface area contributed by atoms with Crippen LogP contribution in [0.5, 0.6) is 0 Å². The molecular weight excluding hydrogens is 248 g/mol. The summed E-state index contributed by atoms with van der Waals surface area (Å²) in [4.78, 5) is 15.0. The Balaban J connectivity index is 1.87. The molecule has 1 heterocycles. The molecule has 0 radical (unpaired) electrons. The molecule has 2 fully saturated rings. The molecule has 1 aliphatic carbocycles. The zero-order valence-corrected chi connectivity index (χ0v) is 13.4. The Kier molecular flexibility index (Phi) is 6.34. The molecule has 1 atom stereocenters. The summed E-state index contributed by atoms with van der Waals surface area (Å²) in [5.41, 5.74) is 0. The predicted octanol–water partition coefficient (Wildman–Crippen LogP) is 3.05. The lowest BCUT2D eigenvalue weighted by Gasteiger charge is -2.34. The molecule has 2 rings (SSSR count). The van der Waals surface area contributed by atoms with Crippen LogP contribution in [0, 0.1) is 17.8 Å². The maximum atomic E-state index is 12.8. The van der Waals surface area contributed by atoms with Gasteiger partial charge in [-0.3, -0.25) is 4.79 Å². The first-order valence-corrected chi connectivity index (χ1v) is 8.70. The number of rotatable bonds is 5. The van der Waals surface area contributed by atoms with Gasteiger partial charge in [0.05, 0.1) is 0 Å². The largest absolute Gasteiger partial charge is 0.342 e. The highest BCUT2D eigenvalue weighted by atomic mass is 16.2. The van der Waals surface area contributed by atoms with Crippen molar-refractivity contribution < 1.29 is 4.79 Å². The van der Waals surface area contributed by atoms with Gasteiger partial charge in [-0.05, 0) is 69.9 Å². The molecule has 1 unspecified atom stereocenters. The molecule has 0 aromatic rings. The molecule has 0 aromatic heterocycles. The summed E-state index contributed by atoms with van der Waals surface area (Å²) < 4.78 is 0. The van der Waals surface area contributed by atoms with E-state index in [-0.39, 0.29) is 0 Å². The van der Waals surface area contributed by atoms with Crippen LogP contribution in [0.2, 0.25) is 0 Å².